The van der Waals surface area contributed by atoms with Gasteiger partial charge in [-0.25, -0.2) is 4.79 Å². The third-order valence-electron chi connectivity index (χ3n) is 2.85. The summed E-state index contributed by atoms with van der Waals surface area (Å²) in [6.07, 6.45) is 5.72. The highest BCUT2D eigenvalue weighted by molar-refractivity contribution is 5.80. The van der Waals surface area contributed by atoms with Crippen molar-refractivity contribution in [3.8, 4) is 0 Å². The lowest BCUT2D eigenvalue weighted by Crippen LogP contribution is -2.06. The van der Waals surface area contributed by atoms with Crippen molar-refractivity contribution in [1.82, 2.24) is 0 Å². The van der Waals surface area contributed by atoms with E-state index in [1.807, 2.05) is 0 Å². The van der Waals surface area contributed by atoms with Gasteiger partial charge in [-0.15, -0.1) is 0 Å². The van der Waals surface area contributed by atoms with Crippen LogP contribution in [0.2, 0.25) is 0 Å². The molecule has 2 aliphatic rings. The van der Waals surface area contributed by atoms with Crippen molar-refractivity contribution in [2.45, 2.75) is 37.9 Å². The smallest absolute Gasteiger partial charge is 0.329 e. The first-order valence-corrected chi connectivity index (χ1v) is 7.90. The molecular weight excluding hydrogens is 304 g/mol. The van der Waals surface area contributed by atoms with Crippen molar-refractivity contribution in [2.75, 3.05) is 46.8 Å². The number of carbonyl (C=O) groups excluding carboxylic acids is 1. The number of aliphatic hydroxyl groups excluding tert-OH is 2. The highest BCUT2D eigenvalue weighted by atomic mass is 16.6. The molecule has 0 amide bonds. The van der Waals surface area contributed by atoms with Gasteiger partial charge in [-0.05, 0) is 12.8 Å². The van der Waals surface area contributed by atoms with Gasteiger partial charge in [0.05, 0.1) is 33.5 Å². The summed E-state index contributed by atoms with van der Waals surface area (Å²) in [6, 6.07) is 0. The molecule has 0 bridgehead atoms. The molecule has 23 heavy (non-hydrogen) atoms. The van der Waals surface area contributed by atoms with E-state index in [4.69, 9.17) is 24.4 Å². The Morgan fingerprint density at radius 1 is 1.09 bits per heavy atom. The van der Waals surface area contributed by atoms with Crippen LogP contribution in [0.25, 0.3) is 0 Å². The third-order valence-corrected chi connectivity index (χ3v) is 2.85. The fraction of sp³-hybridized carbons (Fsp3) is 0.812. The summed E-state index contributed by atoms with van der Waals surface area (Å²) in [6.45, 7) is 6.98. The minimum absolute atomic E-state index is 0.283. The molecule has 2 fully saturated rings. The Morgan fingerprint density at radius 2 is 1.52 bits per heavy atom. The molecule has 2 heterocycles. The Kier molecular flexibility index (Phi) is 15.2. The van der Waals surface area contributed by atoms with E-state index >= 15 is 0 Å². The molecule has 0 saturated carbocycles. The number of esters is 1. The average Bonchev–Trinajstić information content (AvgIpc) is 3.47. The summed E-state index contributed by atoms with van der Waals surface area (Å²) in [4.78, 5) is 9.84. The maximum atomic E-state index is 9.84. The summed E-state index contributed by atoms with van der Waals surface area (Å²) < 4.78 is 19.3. The fourth-order valence-electron chi connectivity index (χ4n) is 1.32. The van der Waals surface area contributed by atoms with Crippen LogP contribution in [-0.4, -0.2) is 75.1 Å². The van der Waals surface area contributed by atoms with Crippen LogP contribution in [0.4, 0.5) is 0 Å². The van der Waals surface area contributed by atoms with Crippen LogP contribution in [-0.2, 0) is 23.7 Å². The van der Waals surface area contributed by atoms with Crippen molar-refractivity contribution in [1.29, 1.82) is 0 Å². The van der Waals surface area contributed by atoms with Crippen LogP contribution >= 0.6 is 0 Å². The van der Waals surface area contributed by atoms with E-state index in [0.717, 1.165) is 58.2 Å². The van der Waals surface area contributed by atoms with E-state index in [1.165, 1.54) is 7.11 Å². The molecule has 2 saturated heterocycles. The van der Waals surface area contributed by atoms with E-state index in [0.29, 0.717) is 12.2 Å². The molecule has 2 rings (SSSR count). The molecule has 0 aromatic heterocycles. The first-order chi connectivity index (χ1) is 11.2. The van der Waals surface area contributed by atoms with Crippen LogP contribution in [0.5, 0.6) is 0 Å². The van der Waals surface area contributed by atoms with E-state index in [9.17, 15) is 4.79 Å². The molecular formula is C16H30O7. The zero-order chi connectivity index (χ0) is 17.3. The number of hydrogen-bond acceptors (Lipinski definition) is 7. The highest BCUT2D eigenvalue weighted by Gasteiger charge is 2.26. The monoisotopic (exact) mass is 334 g/mol. The van der Waals surface area contributed by atoms with E-state index in [2.05, 4.69) is 11.3 Å². The first-order valence-electron chi connectivity index (χ1n) is 7.90. The molecule has 0 spiro atoms. The zero-order valence-corrected chi connectivity index (χ0v) is 13.9. The van der Waals surface area contributed by atoms with Gasteiger partial charge in [-0.3, -0.25) is 0 Å². The summed E-state index contributed by atoms with van der Waals surface area (Å²) in [5.74, 6) is -0.394. The van der Waals surface area contributed by atoms with Crippen molar-refractivity contribution in [2.24, 2.45) is 0 Å². The Balaban J connectivity index is 0.000000325. The standard InChI is InChI=1S/C6H10O3.C6H14O2.C4H6O2/c1(5-3-8-5)7-2-6-4-9-6;7-5-3-1-2-4-6-8;1-3-4(5)6-2/h5-6H,1-4H2;7-8H,1-6H2;3H,1H2,2H3. The Morgan fingerprint density at radius 3 is 1.74 bits per heavy atom. The molecule has 0 aromatic rings. The van der Waals surface area contributed by atoms with Gasteiger partial charge in [0.2, 0.25) is 0 Å². The Hall–Kier alpha value is -0.990. The summed E-state index contributed by atoms with van der Waals surface area (Å²) in [5, 5.41) is 16.6. The maximum absolute atomic E-state index is 9.84. The van der Waals surface area contributed by atoms with Crippen LogP contribution in [0.1, 0.15) is 25.7 Å². The second-order valence-electron chi connectivity index (χ2n) is 5.04. The van der Waals surface area contributed by atoms with Gasteiger partial charge in [0.15, 0.2) is 0 Å². The number of carbonyl (C=O) groups is 1. The Labute approximate surface area is 138 Å². The van der Waals surface area contributed by atoms with Crippen LogP contribution < -0.4 is 0 Å². The van der Waals surface area contributed by atoms with Gasteiger partial charge in [-0.2, -0.15) is 0 Å². The number of hydrogen-bond donors (Lipinski definition) is 2. The number of unbranched alkanes of at least 4 members (excludes halogenated alkanes) is 3. The lowest BCUT2D eigenvalue weighted by molar-refractivity contribution is -0.134. The average molecular weight is 334 g/mol. The normalized spacial score (nSPS) is 20.3. The third kappa shape index (κ3) is 19.0. The number of methoxy groups -OCH3 is 1. The molecule has 2 unspecified atom stereocenters. The van der Waals surface area contributed by atoms with Gasteiger partial charge in [-0.1, -0.05) is 19.4 Å². The van der Waals surface area contributed by atoms with Crippen LogP contribution in [0.15, 0.2) is 12.7 Å². The predicted octanol–water partition coefficient (Wildman–Crippen LogP) is 0.677. The number of epoxide rings is 2. The fourth-order valence-corrected chi connectivity index (χ4v) is 1.32. The Bertz CT molecular complexity index is 270. The second-order valence-corrected chi connectivity index (χ2v) is 5.04. The van der Waals surface area contributed by atoms with Crippen molar-refractivity contribution in [3.63, 3.8) is 0 Å². The molecule has 2 N–H and O–H groups in total. The second kappa shape index (κ2) is 15.9. The molecule has 0 radical (unpaired) electrons. The quantitative estimate of drug-likeness (QED) is 0.262. The SMILES string of the molecule is C(OCC1CO1)C1CO1.C=CC(=O)OC.OCCCCCCO. The number of aliphatic hydroxyl groups is 2. The predicted molar refractivity (Wildman–Crippen MR) is 85.2 cm³/mol. The van der Waals surface area contributed by atoms with Crippen LogP contribution in [0, 0.1) is 0 Å². The summed E-state index contributed by atoms with van der Waals surface area (Å²) in [5.41, 5.74) is 0. The van der Waals surface area contributed by atoms with Crippen LogP contribution in [0.3, 0.4) is 0 Å². The molecule has 2 aliphatic heterocycles. The van der Waals surface area contributed by atoms with Gasteiger partial charge >= 0.3 is 5.97 Å². The lowest BCUT2D eigenvalue weighted by Gasteiger charge is -1.95. The number of rotatable bonds is 10. The molecule has 2 atom stereocenters. The maximum Gasteiger partial charge on any atom is 0.329 e. The first kappa shape index (κ1) is 22.0. The number of ether oxygens (including phenoxy) is 4. The molecule has 0 aromatic carbocycles. The van der Waals surface area contributed by atoms with Crippen molar-refractivity contribution < 1.29 is 34.0 Å². The van der Waals surface area contributed by atoms with Gasteiger partial charge < -0.3 is 29.2 Å². The summed E-state index contributed by atoms with van der Waals surface area (Å²) >= 11 is 0. The van der Waals surface area contributed by atoms with Gasteiger partial charge in [0, 0.05) is 19.3 Å². The van der Waals surface area contributed by atoms with E-state index in [-0.39, 0.29) is 13.2 Å². The van der Waals surface area contributed by atoms with Crippen molar-refractivity contribution >= 4 is 5.97 Å². The van der Waals surface area contributed by atoms with Gasteiger partial charge in [0.25, 0.3) is 0 Å². The molecule has 7 heteroatoms. The van der Waals surface area contributed by atoms with E-state index < -0.39 is 5.97 Å². The van der Waals surface area contributed by atoms with E-state index in [1.54, 1.807) is 0 Å². The highest BCUT2D eigenvalue weighted by Crippen LogP contribution is 2.12. The molecule has 136 valence electrons. The minimum Gasteiger partial charge on any atom is -0.466 e. The largest absolute Gasteiger partial charge is 0.466 e. The molecule has 7 nitrogen and oxygen atoms in total. The summed E-state index contributed by atoms with van der Waals surface area (Å²) in [7, 11) is 1.31. The minimum atomic E-state index is -0.394. The van der Waals surface area contributed by atoms with Crippen molar-refractivity contribution in [3.05, 3.63) is 12.7 Å². The van der Waals surface area contributed by atoms with Gasteiger partial charge in [0.1, 0.15) is 12.2 Å². The lowest BCUT2D eigenvalue weighted by atomic mass is 10.2. The topological polar surface area (TPSA) is 101 Å². The zero-order valence-electron chi connectivity index (χ0n) is 13.9. The molecule has 0 aliphatic carbocycles.